The standard InChI is InChI=1S/C15H20ClNO2/c1-17(2)9-12-6-5-11(7-14(12)16)13(8-15(18)19)10-3-4-10/h5-7,10,13H,3-4,8-9H2,1-2H3,(H,18,19). The molecule has 0 spiro atoms. The number of hydrogen-bond donors (Lipinski definition) is 1. The van der Waals surface area contributed by atoms with E-state index in [2.05, 4.69) is 4.90 Å². The first-order chi connectivity index (χ1) is 8.97. The molecule has 0 aromatic heterocycles. The van der Waals surface area contributed by atoms with E-state index in [1.165, 1.54) is 0 Å². The summed E-state index contributed by atoms with van der Waals surface area (Å²) in [4.78, 5) is 13.0. The Kier molecular flexibility index (Phi) is 4.48. The van der Waals surface area contributed by atoms with E-state index in [1.807, 2.05) is 32.3 Å². The summed E-state index contributed by atoms with van der Waals surface area (Å²) >= 11 is 6.31. The Morgan fingerprint density at radius 3 is 2.63 bits per heavy atom. The Morgan fingerprint density at radius 2 is 2.16 bits per heavy atom. The van der Waals surface area contributed by atoms with Gasteiger partial charge in [-0.15, -0.1) is 0 Å². The van der Waals surface area contributed by atoms with Crippen LogP contribution in [0.25, 0.3) is 0 Å². The maximum Gasteiger partial charge on any atom is 0.303 e. The van der Waals surface area contributed by atoms with Crippen molar-refractivity contribution in [2.75, 3.05) is 14.1 Å². The first kappa shape index (κ1) is 14.4. The predicted octanol–water partition coefficient (Wildman–Crippen LogP) is 3.37. The summed E-state index contributed by atoms with van der Waals surface area (Å²) in [7, 11) is 4.00. The highest BCUT2D eigenvalue weighted by Gasteiger charge is 2.33. The second-order valence-electron chi connectivity index (χ2n) is 5.63. The molecule has 19 heavy (non-hydrogen) atoms. The van der Waals surface area contributed by atoms with Crippen LogP contribution in [0.1, 0.15) is 36.3 Å². The third-order valence-electron chi connectivity index (χ3n) is 3.58. The van der Waals surface area contributed by atoms with E-state index in [-0.39, 0.29) is 12.3 Å². The smallest absolute Gasteiger partial charge is 0.303 e. The van der Waals surface area contributed by atoms with Crippen LogP contribution in [-0.2, 0) is 11.3 Å². The van der Waals surface area contributed by atoms with Gasteiger partial charge in [-0.1, -0.05) is 23.7 Å². The van der Waals surface area contributed by atoms with Crippen LogP contribution in [0.3, 0.4) is 0 Å². The second kappa shape index (κ2) is 5.93. The molecular weight excluding hydrogens is 262 g/mol. The summed E-state index contributed by atoms with van der Waals surface area (Å²) in [5, 5.41) is 9.76. The van der Waals surface area contributed by atoms with Gasteiger partial charge in [0.1, 0.15) is 0 Å². The Balaban J connectivity index is 2.19. The van der Waals surface area contributed by atoms with Crippen LogP contribution in [0, 0.1) is 5.92 Å². The molecule has 0 radical (unpaired) electrons. The average molecular weight is 282 g/mol. The molecule has 0 heterocycles. The van der Waals surface area contributed by atoms with Crippen molar-refractivity contribution in [3.05, 3.63) is 34.3 Å². The lowest BCUT2D eigenvalue weighted by molar-refractivity contribution is -0.137. The molecule has 1 fully saturated rings. The van der Waals surface area contributed by atoms with Crippen molar-refractivity contribution >= 4 is 17.6 Å². The van der Waals surface area contributed by atoms with Gasteiger partial charge in [0, 0.05) is 11.6 Å². The van der Waals surface area contributed by atoms with Gasteiger partial charge in [-0.05, 0) is 56.0 Å². The average Bonchev–Trinajstić information content (AvgIpc) is 3.12. The molecule has 2 rings (SSSR count). The fourth-order valence-corrected chi connectivity index (χ4v) is 2.76. The number of hydrogen-bond acceptors (Lipinski definition) is 2. The second-order valence-corrected chi connectivity index (χ2v) is 6.04. The number of rotatable bonds is 6. The molecule has 1 unspecified atom stereocenters. The first-order valence-electron chi connectivity index (χ1n) is 6.62. The zero-order chi connectivity index (χ0) is 14.0. The number of benzene rings is 1. The highest BCUT2D eigenvalue weighted by atomic mass is 35.5. The first-order valence-corrected chi connectivity index (χ1v) is 7.00. The number of nitrogens with zero attached hydrogens (tertiary/aromatic N) is 1. The number of aliphatic carboxylic acids is 1. The van der Waals surface area contributed by atoms with E-state index < -0.39 is 5.97 Å². The van der Waals surface area contributed by atoms with E-state index in [4.69, 9.17) is 16.7 Å². The van der Waals surface area contributed by atoms with E-state index in [0.717, 1.165) is 35.5 Å². The van der Waals surface area contributed by atoms with Crippen LogP contribution in [0.15, 0.2) is 18.2 Å². The fraction of sp³-hybridized carbons (Fsp3) is 0.533. The van der Waals surface area contributed by atoms with Gasteiger partial charge in [-0.25, -0.2) is 0 Å². The summed E-state index contributed by atoms with van der Waals surface area (Å²) in [6.45, 7) is 0.798. The number of carbonyl (C=O) groups is 1. The van der Waals surface area contributed by atoms with Crippen molar-refractivity contribution < 1.29 is 9.90 Å². The lowest BCUT2D eigenvalue weighted by atomic mass is 9.90. The van der Waals surface area contributed by atoms with Gasteiger partial charge in [0.2, 0.25) is 0 Å². The SMILES string of the molecule is CN(C)Cc1ccc(C(CC(=O)O)C2CC2)cc1Cl. The highest BCUT2D eigenvalue weighted by molar-refractivity contribution is 6.31. The van der Waals surface area contributed by atoms with E-state index in [1.54, 1.807) is 0 Å². The van der Waals surface area contributed by atoms with Gasteiger partial charge >= 0.3 is 5.97 Å². The van der Waals surface area contributed by atoms with Gasteiger partial charge < -0.3 is 10.0 Å². The molecular formula is C15H20ClNO2. The van der Waals surface area contributed by atoms with Crippen molar-refractivity contribution in [3.63, 3.8) is 0 Å². The van der Waals surface area contributed by atoms with Crippen LogP contribution in [0.2, 0.25) is 5.02 Å². The third-order valence-corrected chi connectivity index (χ3v) is 3.93. The molecule has 1 aliphatic rings. The van der Waals surface area contributed by atoms with E-state index in [0.29, 0.717) is 5.92 Å². The van der Waals surface area contributed by atoms with Gasteiger partial charge in [0.05, 0.1) is 6.42 Å². The van der Waals surface area contributed by atoms with E-state index in [9.17, 15) is 4.79 Å². The molecule has 1 aromatic rings. The molecule has 0 aliphatic heterocycles. The minimum atomic E-state index is -0.731. The van der Waals surface area contributed by atoms with Gasteiger partial charge in [0.15, 0.2) is 0 Å². The molecule has 3 nitrogen and oxygen atoms in total. The summed E-state index contributed by atoms with van der Waals surface area (Å²) < 4.78 is 0. The predicted molar refractivity (Wildman–Crippen MR) is 76.6 cm³/mol. The van der Waals surface area contributed by atoms with E-state index >= 15 is 0 Å². The topological polar surface area (TPSA) is 40.5 Å². The van der Waals surface area contributed by atoms with Gasteiger partial charge in [-0.3, -0.25) is 4.79 Å². The van der Waals surface area contributed by atoms with Crippen LogP contribution >= 0.6 is 11.6 Å². The quantitative estimate of drug-likeness (QED) is 0.869. The van der Waals surface area contributed by atoms with Crippen LogP contribution in [-0.4, -0.2) is 30.1 Å². The van der Waals surface area contributed by atoms with Crippen molar-refractivity contribution in [1.29, 1.82) is 0 Å². The van der Waals surface area contributed by atoms with Crippen LogP contribution in [0.4, 0.5) is 0 Å². The molecule has 1 aromatic carbocycles. The molecule has 4 heteroatoms. The van der Waals surface area contributed by atoms with Crippen molar-refractivity contribution in [3.8, 4) is 0 Å². The largest absolute Gasteiger partial charge is 0.481 e. The third kappa shape index (κ3) is 3.95. The zero-order valence-electron chi connectivity index (χ0n) is 11.4. The minimum Gasteiger partial charge on any atom is -0.481 e. The molecule has 1 N–H and O–H groups in total. The Bertz CT molecular complexity index is 469. The van der Waals surface area contributed by atoms with Gasteiger partial charge in [0.25, 0.3) is 0 Å². The maximum atomic E-state index is 11.0. The number of carboxylic acid groups (broad SMARTS) is 1. The lowest BCUT2D eigenvalue weighted by Crippen LogP contribution is -2.12. The molecule has 104 valence electrons. The lowest BCUT2D eigenvalue weighted by Gasteiger charge is -2.17. The molecule has 0 bridgehead atoms. The molecule has 0 amide bonds. The van der Waals surface area contributed by atoms with Crippen molar-refractivity contribution in [2.24, 2.45) is 5.92 Å². The van der Waals surface area contributed by atoms with Gasteiger partial charge in [-0.2, -0.15) is 0 Å². The monoisotopic (exact) mass is 281 g/mol. The summed E-state index contributed by atoms with van der Waals surface area (Å²) in [5.74, 6) is -0.0966. The summed E-state index contributed by atoms with van der Waals surface area (Å²) in [5.41, 5.74) is 2.15. The number of carboxylic acids is 1. The van der Waals surface area contributed by atoms with Crippen molar-refractivity contribution in [2.45, 2.75) is 31.7 Å². The number of halogens is 1. The maximum absolute atomic E-state index is 11.0. The molecule has 1 atom stereocenters. The molecule has 1 saturated carbocycles. The Hall–Kier alpha value is -1.06. The Labute approximate surface area is 119 Å². The minimum absolute atomic E-state index is 0.114. The van der Waals surface area contributed by atoms with Crippen LogP contribution in [0.5, 0.6) is 0 Å². The normalized spacial score (nSPS) is 16.6. The Morgan fingerprint density at radius 1 is 1.47 bits per heavy atom. The molecule has 1 aliphatic carbocycles. The summed E-state index contributed by atoms with van der Waals surface area (Å²) in [6.07, 6.45) is 2.47. The van der Waals surface area contributed by atoms with Crippen molar-refractivity contribution in [1.82, 2.24) is 4.90 Å². The summed E-state index contributed by atoms with van der Waals surface area (Å²) in [6, 6.07) is 6.01. The van der Waals surface area contributed by atoms with Crippen LogP contribution < -0.4 is 0 Å². The highest BCUT2D eigenvalue weighted by Crippen LogP contribution is 2.45. The zero-order valence-corrected chi connectivity index (χ0v) is 12.2. The molecule has 0 saturated heterocycles. The fourth-order valence-electron chi connectivity index (χ4n) is 2.51.